The summed E-state index contributed by atoms with van der Waals surface area (Å²) < 4.78 is 5.44. The van der Waals surface area contributed by atoms with Crippen molar-refractivity contribution >= 4 is 5.91 Å². The van der Waals surface area contributed by atoms with Crippen molar-refractivity contribution in [2.24, 2.45) is 0 Å². The van der Waals surface area contributed by atoms with Crippen molar-refractivity contribution in [1.82, 2.24) is 4.90 Å². The zero-order chi connectivity index (χ0) is 19.8. The number of para-hydroxylation sites is 1. The Bertz CT molecular complexity index is 743. The fourth-order valence-electron chi connectivity index (χ4n) is 4.42. The van der Waals surface area contributed by atoms with Crippen LogP contribution < -0.4 is 4.74 Å². The van der Waals surface area contributed by atoms with E-state index in [9.17, 15) is 4.79 Å². The monoisotopic (exact) mass is 379 g/mol. The highest BCUT2D eigenvalue weighted by atomic mass is 16.5. The highest BCUT2D eigenvalue weighted by molar-refractivity contribution is 5.77. The number of rotatable bonds is 8. The van der Waals surface area contributed by atoms with Crippen molar-refractivity contribution in [2.75, 3.05) is 13.7 Å². The Morgan fingerprint density at radius 1 is 1.11 bits per heavy atom. The first-order valence-electron chi connectivity index (χ1n) is 10.7. The van der Waals surface area contributed by atoms with Gasteiger partial charge in [0.25, 0.3) is 0 Å². The maximum Gasteiger partial charge on any atom is 0.223 e. The topological polar surface area (TPSA) is 29.5 Å². The Hall–Kier alpha value is -2.29. The maximum absolute atomic E-state index is 13.1. The summed E-state index contributed by atoms with van der Waals surface area (Å²) in [5.74, 6) is 1.74. The average Bonchev–Trinajstić information content (AvgIpc) is 2.76. The number of piperidine rings is 1. The number of ether oxygens (including phenoxy) is 1. The van der Waals surface area contributed by atoms with Crippen molar-refractivity contribution in [3.05, 3.63) is 65.7 Å². The lowest BCUT2D eigenvalue weighted by molar-refractivity contribution is -0.135. The molecule has 0 spiro atoms. The van der Waals surface area contributed by atoms with Crippen molar-refractivity contribution in [2.45, 2.75) is 63.8 Å². The molecule has 2 aromatic rings. The fraction of sp³-hybridized carbons (Fsp3) is 0.480. The summed E-state index contributed by atoms with van der Waals surface area (Å²) >= 11 is 0. The van der Waals surface area contributed by atoms with E-state index in [1.807, 2.05) is 18.2 Å². The number of nitrogens with zero attached hydrogens (tertiary/aromatic N) is 1. The number of likely N-dealkylation sites (tertiary alicyclic amines) is 1. The number of carbonyl (C=O) groups excluding carboxylic acids is 1. The molecule has 0 radical (unpaired) electrons. The van der Waals surface area contributed by atoms with Gasteiger partial charge in [-0.2, -0.15) is 0 Å². The molecular formula is C25H33NO2. The van der Waals surface area contributed by atoms with Gasteiger partial charge in [-0.1, -0.05) is 68.3 Å². The van der Waals surface area contributed by atoms with E-state index in [1.54, 1.807) is 7.11 Å². The summed E-state index contributed by atoms with van der Waals surface area (Å²) in [7, 11) is 1.69. The van der Waals surface area contributed by atoms with Crippen LogP contribution in [0.3, 0.4) is 0 Å². The Morgan fingerprint density at radius 2 is 1.86 bits per heavy atom. The highest BCUT2D eigenvalue weighted by Gasteiger charge is 2.31. The van der Waals surface area contributed by atoms with Gasteiger partial charge in [0, 0.05) is 19.0 Å². The van der Waals surface area contributed by atoms with Crippen LogP contribution in [-0.2, 0) is 11.2 Å². The zero-order valence-electron chi connectivity index (χ0n) is 17.3. The third-order valence-corrected chi connectivity index (χ3v) is 6.00. The first kappa shape index (κ1) is 20.4. The lowest BCUT2D eigenvalue weighted by atomic mass is 9.83. The minimum Gasteiger partial charge on any atom is -0.496 e. The maximum atomic E-state index is 13.1. The number of benzene rings is 2. The minimum absolute atomic E-state index is 0.290. The number of unbranched alkanes of at least 4 members (excludes halogenated alkanes) is 1. The second-order valence-electron chi connectivity index (χ2n) is 7.83. The molecule has 0 aliphatic carbocycles. The van der Waals surface area contributed by atoms with E-state index in [2.05, 4.69) is 48.2 Å². The second-order valence-corrected chi connectivity index (χ2v) is 7.83. The Morgan fingerprint density at radius 3 is 2.61 bits per heavy atom. The summed E-state index contributed by atoms with van der Waals surface area (Å²) in [6.45, 7) is 3.10. The molecule has 3 heteroatoms. The number of methoxy groups -OCH3 is 1. The summed E-state index contributed by atoms with van der Waals surface area (Å²) in [6, 6.07) is 19.2. The molecule has 2 unspecified atom stereocenters. The van der Waals surface area contributed by atoms with Crippen LogP contribution >= 0.6 is 0 Å². The molecule has 0 N–H and O–H groups in total. The Labute approximate surface area is 169 Å². The van der Waals surface area contributed by atoms with Gasteiger partial charge in [-0.05, 0) is 48.8 Å². The van der Waals surface area contributed by atoms with Crippen molar-refractivity contribution in [3.8, 4) is 5.75 Å². The van der Waals surface area contributed by atoms with Crippen LogP contribution in [0.2, 0.25) is 0 Å². The fourth-order valence-corrected chi connectivity index (χ4v) is 4.42. The number of amides is 1. The Kier molecular flexibility index (Phi) is 7.53. The Balaban J connectivity index is 1.64. The molecule has 1 aliphatic rings. The standard InChI is InChI=1S/C25H33NO2/c1-3-4-13-23-19-22(20-10-6-5-7-11-20)17-18-26(23)25(27)16-15-21-12-8-9-14-24(21)28-2/h5-12,14,22-23H,3-4,13,15-19H2,1-2H3. The van der Waals surface area contributed by atoms with Crippen LogP contribution in [0.15, 0.2) is 54.6 Å². The summed E-state index contributed by atoms with van der Waals surface area (Å²) in [5.41, 5.74) is 2.53. The van der Waals surface area contributed by atoms with Crippen molar-refractivity contribution < 1.29 is 9.53 Å². The molecule has 1 saturated heterocycles. The predicted octanol–water partition coefficient (Wildman–Crippen LogP) is 5.59. The highest BCUT2D eigenvalue weighted by Crippen LogP contribution is 2.34. The van der Waals surface area contributed by atoms with Gasteiger partial charge in [0.1, 0.15) is 5.75 Å². The molecule has 28 heavy (non-hydrogen) atoms. The first-order valence-corrected chi connectivity index (χ1v) is 10.7. The van der Waals surface area contributed by atoms with Crippen molar-refractivity contribution in [3.63, 3.8) is 0 Å². The van der Waals surface area contributed by atoms with Crippen LogP contribution in [0.4, 0.5) is 0 Å². The van der Waals surface area contributed by atoms with E-state index in [0.29, 0.717) is 24.3 Å². The number of carbonyl (C=O) groups is 1. The van der Waals surface area contributed by atoms with Gasteiger partial charge in [0.05, 0.1) is 7.11 Å². The minimum atomic E-state index is 0.290. The summed E-state index contributed by atoms with van der Waals surface area (Å²) in [6.07, 6.45) is 6.91. The van der Waals surface area contributed by atoms with Gasteiger partial charge in [-0.3, -0.25) is 4.79 Å². The largest absolute Gasteiger partial charge is 0.496 e. The molecule has 1 heterocycles. The van der Waals surface area contributed by atoms with Crippen molar-refractivity contribution in [1.29, 1.82) is 0 Å². The second kappa shape index (κ2) is 10.3. The van der Waals surface area contributed by atoms with Crippen LogP contribution in [0, 0.1) is 0 Å². The number of aryl methyl sites for hydroxylation is 1. The lowest BCUT2D eigenvalue weighted by Gasteiger charge is -2.40. The molecule has 0 saturated carbocycles. The van der Waals surface area contributed by atoms with Gasteiger partial charge in [0.2, 0.25) is 5.91 Å². The number of hydrogen-bond donors (Lipinski definition) is 0. The summed E-state index contributed by atoms with van der Waals surface area (Å²) in [4.78, 5) is 15.2. The van der Waals surface area contributed by atoms with Crippen LogP contribution in [0.5, 0.6) is 5.75 Å². The van der Waals surface area contributed by atoms with E-state index in [-0.39, 0.29) is 0 Å². The molecule has 3 nitrogen and oxygen atoms in total. The molecule has 0 aromatic heterocycles. The average molecular weight is 380 g/mol. The van der Waals surface area contributed by atoms with E-state index >= 15 is 0 Å². The molecule has 2 aromatic carbocycles. The third kappa shape index (κ3) is 5.15. The normalized spacial score (nSPS) is 19.4. The smallest absolute Gasteiger partial charge is 0.223 e. The molecule has 0 bridgehead atoms. The molecule has 1 amide bonds. The predicted molar refractivity (Wildman–Crippen MR) is 115 cm³/mol. The van der Waals surface area contributed by atoms with Gasteiger partial charge < -0.3 is 9.64 Å². The van der Waals surface area contributed by atoms with E-state index < -0.39 is 0 Å². The third-order valence-electron chi connectivity index (χ3n) is 6.00. The van der Waals surface area contributed by atoms with E-state index in [4.69, 9.17) is 4.74 Å². The van der Waals surface area contributed by atoms with Gasteiger partial charge in [-0.15, -0.1) is 0 Å². The molecule has 2 atom stereocenters. The zero-order valence-corrected chi connectivity index (χ0v) is 17.3. The molecule has 150 valence electrons. The van der Waals surface area contributed by atoms with E-state index in [1.165, 1.54) is 18.4 Å². The van der Waals surface area contributed by atoms with Crippen LogP contribution in [0.1, 0.15) is 62.5 Å². The molecule has 3 rings (SSSR count). The lowest BCUT2D eigenvalue weighted by Crippen LogP contribution is -2.45. The van der Waals surface area contributed by atoms with Gasteiger partial charge in [0.15, 0.2) is 0 Å². The molecular weight excluding hydrogens is 346 g/mol. The molecule has 1 fully saturated rings. The SMILES string of the molecule is CCCCC1CC(c2ccccc2)CCN1C(=O)CCc1ccccc1OC. The summed E-state index contributed by atoms with van der Waals surface area (Å²) in [5, 5.41) is 0. The number of hydrogen-bond acceptors (Lipinski definition) is 2. The molecule has 1 aliphatic heterocycles. The van der Waals surface area contributed by atoms with Crippen LogP contribution in [-0.4, -0.2) is 30.5 Å². The van der Waals surface area contributed by atoms with Crippen LogP contribution in [0.25, 0.3) is 0 Å². The van der Waals surface area contributed by atoms with Gasteiger partial charge in [-0.25, -0.2) is 0 Å². The quantitative estimate of drug-likeness (QED) is 0.598. The van der Waals surface area contributed by atoms with Gasteiger partial charge >= 0.3 is 0 Å². The van der Waals surface area contributed by atoms with E-state index in [0.717, 1.165) is 43.5 Å². The first-order chi connectivity index (χ1) is 13.7.